The third-order valence-electron chi connectivity index (χ3n) is 3.14. The van der Waals surface area contributed by atoms with E-state index >= 15 is 0 Å². The van der Waals surface area contributed by atoms with Gasteiger partial charge in [0.05, 0.1) is 10.2 Å². The number of likely N-dealkylation sites (N-methyl/N-ethyl adjacent to an activating group) is 1. The Morgan fingerprint density at radius 2 is 2.15 bits per heavy atom. The van der Waals surface area contributed by atoms with E-state index in [4.69, 9.17) is 0 Å². The molecule has 0 spiro atoms. The fraction of sp³-hybridized carbons (Fsp3) is 0.429. The van der Waals surface area contributed by atoms with Crippen LogP contribution >= 0.6 is 11.3 Å². The third-order valence-corrected chi connectivity index (χ3v) is 4.09. The maximum absolute atomic E-state index is 13.1. The lowest BCUT2D eigenvalue weighted by Crippen LogP contribution is -2.41. The van der Waals surface area contributed by atoms with Crippen LogP contribution in [0.5, 0.6) is 0 Å². The molecule has 0 aliphatic rings. The zero-order valence-corrected chi connectivity index (χ0v) is 12.6. The molecule has 4 nitrogen and oxygen atoms in total. The van der Waals surface area contributed by atoms with Gasteiger partial charge in [-0.2, -0.15) is 0 Å². The first-order chi connectivity index (χ1) is 9.55. The van der Waals surface area contributed by atoms with Crippen molar-refractivity contribution in [2.75, 3.05) is 18.4 Å². The van der Waals surface area contributed by atoms with Crippen LogP contribution in [0.1, 0.15) is 20.8 Å². The molecule has 1 N–H and O–H groups in total. The van der Waals surface area contributed by atoms with Crippen molar-refractivity contribution in [1.82, 2.24) is 9.88 Å². The second-order valence-electron chi connectivity index (χ2n) is 4.51. The highest BCUT2D eigenvalue weighted by atomic mass is 32.1. The topological polar surface area (TPSA) is 45.2 Å². The van der Waals surface area contributed by atoms with E-state index in [1.165, 1.54) is 23.5 Å². The number of anilines is 1. The molecule has 20 heavy (non-hydrogen) atoms. The van der Waals surface area contributed by atoms with Crippen LogP contribution in [0.15, 0.2) is 18.2 Å². The molecule has 1 heterocycles. The summed E-state index contributed by atoms with van der Waals surface area (Å²) in [7, 11) is 0. The molecular formula is C14H18FN3OS. The van der Waals surface area contributed by atoms with E-state index in [9.17, 15) is 9.18 Å². The SMILES string of the molecule is CCN(CC)C(=O)C(C)Nc1nc2ccc(F)cc2s1. The number of benzene rings is 1. The van der Waals surface area contributed by atoms with Gasteiger partial charge in [-0.1, -0.05) is 11.3 Å². The number of hydrogen-bond donors (Lipinski definition) is 1. The van der Waals surface area contributed by atoms with Crippen LogP contribution in [0.25, 0.3) is 10.2 Å². The fourth-order valence-corrected chi connectivity index (χ4v) is 2.99. The quantitative estimate of drug-likeness (QED) is 0.922. The average Bonchev–Trinajstić information content (AvgIpc) is 2.81. The maximum Gasteiger partial charge on any atom is 0.244 e. The predicted octanol–water partition coefficient (Wildman–Crippen LogP) is 3.10. The Morgan fingerprint density at radius 1 is 1.45 bits per heavy atom. The Bertz CT molecular complexity index is 609. The molecule has 1 aromatic carbocycles. The van der Waals surface area contributed by atoms with E-state index in [0.717, 1.165) is 10.2 Å². The molecule has 1 aromatic heterocycles. The summed E-state index contributed by atoms with van der Waals surface area (Å²) < 4.78 is 13.9. The van der Waals surface area contributed by atoms with E-state index in [0.29, 0.717) is 18.2 Å². The highest BCUT2D eigenvalue weighted by Crippen LogP contribution is 2.27. The van der Waals surface area contributed by atoms with E-state index < -0.39 is 0 Å². The summed E-state index contributed by atoms with van der Waals surface area (Å²) in [6.45, 7) is 7.09. The van der Waals surface area contributed by atoms with Gasteiger partial charge in [0, 0.05) is 13.1 Å². The summed E-state index contributed by atoms with van der Waals surface area (Å²) in [4.78, 5) is 18.3. The molecule has 0 aliphatic carbocycles. The Kier molecular flexibility index (Phi) is 4.54. The van der Waals surface area contributed by atoms with Crippen LogP contribution in [-0.2, 0) is 4.79 Å². The first-order valence-corrected chi connectivity index (χ1v) is 7.48. The van der Waals surface area contributed by atoms with Crippen molar-refractivity contribution in [3.05, 3.63) is 24.0 Å². The van der Waals surface area contributed by atoms with Crippen molar-refractivity contribution in [2.45, 2.75) is 26.8 Å². The predicted molar refractivity (Wildman–Crippen MR) is 80.6 cm³/mol. The molecule has 0 saturated carbocycles. The maximum atomic E-state index is 13.1. The normalized spacial score (nSPS) is 12.4. The second kappa shape index (κ2) is 6.17. The van der Waals surface area contributed by atoms with Gasteiger partial charge < -0.3 is 10.2 Å². The summed E-state index contributed by atoms with van der Waals surface area (Å²) in [6.07, 6.45) is 0. The van der Waals surface area contributed by atoms with Crippen LogP contribution in [0.4, 0.5) is 9.52 Å². The molecule has 1 amide bonds. The number of amides is 1. The summed E-state index contributed by atoms with van der Waals surface area (Å²) in [6, 6.07) is 4.13. The second-order valence-corrected chi connectivity index (χ2v) is 5.54. The van der Waals surface area contributed by atoms with Crippen molar-refractivity contribution in [3.8, 4) is 0 Å². The van der Waals surface area contributed by atoms with Gasteiger partial charge in [0.25, 0.3) is 0 Å². The Labute approximate surface area is 121 Å². The highest BCUT2D eigenvalue weighted by molar-refractivity contribution is 7.22. The fourth-order valence-electron chi connectivity index (χ4n) is 2.02. The molecule has 6 heteroatoms. The third kappa shape index (κ3) is 3.07. The smallest absolute Gasteiger partial charge is 0.244 e. The number of nitrogens with one attached hydrogen (secondary N) is 1. The number of thiazole rings is 1. The van der Waals surface area contributed by atoms with Gasteiger partial charge in [0.15, 0.2) is 5.13 Å². The lowest BCUT2D eigenvalue weighted by Gasteiger charge is -2.23. The number of carbonyl (C=O) groups is 1. The van der Waals surface area contributed by atoms with Gasteiger partial charge in [-0.25, -0.2) is 9.37 Å². The first kappa shape index (κ1) is 14.7. The van der Waals surface area contributed by atoms with Crippen molar-refractivity contribution in [2.24, 2.45) is 0 Å². The Balaban J connectivity index is 2.13. The lowest BCUT2D eigenvalue weighted by molar-refractivity contribution is -0.131. The molecule has 1 unspecified atom stereocenters. The first-order valence-electron chi connectivity index (χ1n) is 6.66. The largest absolute Gasteiger partial charge is 0.350 e. The molecule has 108 valence electrons. The molecule has 2 aromatic rings. The zero-order valence-electron chi connectivity index (χ0n) is 11.8. The number of nitrogens with zero attached hydrogens (tertiary/aromatic N) is 2. The molecule has 0 radical (unpaired) electrons. The Morgan fingerprint density at radius 3 is 2.80 bits per heavy atom. The van der Waals surface area contributed by atoms with Gasteiger partial charge >= 0.3 is 0 Å². The van der Waals surface area contributed by atoms with Crippen LogP contribution in [0.2, 0.25) is 0 Å². The molecule has 0 aliphatic heterocycles. The number of aromatic nitrogens is 1. The van der Waals surface area contributed by atoms with Crippen molar-refractivity contribution < 1.29 is 9.18 Å². The number of carbonyl (C=O) groups excluding carboxylic acids is 1. The molecule has 0 fully saturated rings. The number of hydrogen-bond acceptors (Lipinski definition) is 4. The number of rotatable bonds is 5. The van der Waals surface area contributed by atoms with Gasteiger partial charge in [-0.05, 0) is 39.0 Å². The molecule has 2 rings (SSSR count). The average molecular weight is 295 g/mol. The van der Waals surface area contributed by atoms with E-state index in [1.54, 1.807) is 11.0 Å². The number of halogens is 1. The van der Waals surface area contributed by atoms with E-state index in [2.05, 4.69) is 10.3 Å². The number of fused-ring (bicyclic) bond motifs is 1. The van der Waals surface area contributed by atoms with Crippen molar-refractivity contribution >= 4 is 32.6 Å². The van der Waals surface area contributed by atoms with Crippen LogP contribution in [-0.4, -0.2) is 34.9 Å². The molecular weight excluding hydrogens is 277 g/mol. The standard InChI is InChI=1S/C14H18FN3OS/c1-4-18(5-2)13(19)9(3)16-14-17-11-7-6-10(15)8-12(11)20-14/h6-9H,4-5H2,1-3H3,(H,16,17). The summed E-state index contributed by atoms with van der Waals surface area (Å²) in [5.74, 6) is -0.236. The van der Waals surface area contributed by atoms with E-state index in [-0.39, 0.29) is 17.8 Å². The highest BCUT2D eigenvalue weighted by Gasteiger charge is 2.19. The van der Waals surface area contributed by atoms with Gasteiger partial charge in [-0.3, -0.25) is 4.79 Å². The van der Waals surface area contributed by atoms with Crippen molar-refractivity contribution in [3.63, 3.8) is 0 Å². The minimum Gasteiger partial charge on any atom is -0.350 e. The molecule has 0 bridgehead atoms. The van der Waals surface area contributed by atoms with Gasteiger partial charge in [0.2, 0.25) is 5.91 Å². The monoisotopic (exact) mass is 295 g/mol. The van der Waals surface area contributed by atoms with Crippen LogP contribution < -0.4 is 5.32 Å². The van der Waals surface area contributed by atoms with Crippen molar-refractivity contribution in [1.29, 1.82) is 0 Å². The Hall–Kier alpha value is -1.69. The summed E-state index contributed by atoms with van der Waals surface area (Å²) in [5, 5.41) is 3.73. The van der Waals surface area contributed by atoms with Crippen LogP contribution in [0, 0.1) is 5.82 Å². The minimum atomic E-state index is -0.347. The lowest BCUT2D eigenvalue weighted by atomic mass is 10.3. The summed E-state index contributed by atoms with van der Waals surface area (Å²) in [5.41, 5.74) is 0.737. The van der Waals surface area contributed by atoms with Crippen LogP contribution in [0.3, 0.4) is 0 Å². The van der Waals surface area contributed by atoms with Gasteiger partial charge in [0.1, 0.15) is 11.9 Å². The minimum absolute atomic E-state index is 0.0421. The molecule has 0 saturated heterocycles. The molecule has 1 atom stereocenters. The summed E-state index contributed by atoms with van der Waals surface area (Å²) >= 11 is 1.35. The zero-order chi connectivity index (χ0) is 14.7. The van der Waals surface area contributed by atoms with Gasteiger partial charge in [-0.15, -0.1) is 0 Å². The van der Waals surface area contributed by atoms with E-state index in [1.807, 2.05) is 20.8 Å².